The Morgan fingerprint density at radius 2 is 1.78 bits per heavy atom. The highest BCUT2D eigenvalue weighted by Gasteiger charge is 2.29. The minimum absolute atomic E-state index is 0.0682. The van der Waals surface area contributed by atoms with E-state index in [1.807, 2.05) is 0 Å². The van der Waals surface area contributed by atoms with Gasteiger partial charge in [0.2, 0.25) is 0 Å². The second-order valence-electron chi connectivity index (χ2n) is 6.40. The highest BCUT2D eigenvalue weighted by Crippen LogP contribution is 2.40. The number of fused-ring (bicyclic) bond motifs is 2. The number of benzene rings is 1. The van der Waals surface area contributed by atoms with Crippen LogP contribution in [0.25, 0.3) is 6.08 Å². The maximum atomic E-state index is 6.05. The molecule has 1 aromatic carbocycles. The zero-order chi connectivity index (χ0) is 13.0. The summed E-state index contributed by atoms with van der Waals surface area (Å²) in [6.07, 6.45) is 6.40. The molecule has 0 saturated heterocycles. The summed E-state index contributed by atoms with van der Waals surface area (Å²) in [5.74, 6) is 1.91. The zero-order valence-corrected chi connectivity index (χ0v) is 11.5. The summed E-state index contributed by atoms with van der Waals surface area (Å²) in [6.45, 7) is 8.41. The highest BCUT2D eigenvalue weighted by atomic mass is 16.5. The van der Waals surface area contributed by atoms with Gasteiger partial charge in [0.15, 0.2) is 0 Å². The molecule has 0 amide bonds. The molecule has 18 heavy (non-hydrogen) atoms. The predicted molar refractivity (Wildman–Crippen MR) is 73.2 cm³/mol. The zero-order valence-electron chi connectivity index (χ0n) is 11.5. The molecule has 0 atom stereocenters. The lowest BCUT2D eigenvalue weighted by atomic mass is 9.92. The molecule has 2 heterocycles. The Labute approximate surface area is 109 Å². The first kappa shape index (κ1) is 11.6. The Hall–Kier alpha value is -1.44. The van der Waals surface area contributed by atoms with Crippen molar-refractivity contribution in [3.8, 4) is 11.5 Å². The van der Waals surface area contributed by atoms with Crippen molar-refractivity contribution in [1.29, 1.82) is 0 Å². The van der Waals surface area contributed by atoms with Gasteiger partial charge < -0.3 is 9.47 Å². The van der Waals surface area contributed by atoms with E-state index >= 15 is 0 Å². The van der Waals surface area contributed by atoms with E-state index in [2.05, 4.69) is 52.0 Å². The molecule has 0 N–H and O–H groups in total. The fourth-order valence-corrected chi connectivity index (χ4v) is 2.53. The van der Waals surface area contributed by atoms with Crippen LogP contribution in [0.15, 0.2) is 18.2 Å². The van der Waals surface area contributed by atoms with Crippen LogP contribution in [0.1, 0.15) is 45.2 Å². The van der Waals surface area contributed by atoms with E-state index in [1.54, 1.807) is 0 Å². The Bertz CT molecular complexity index is 524. The molecule has 3 rings (SSSR count). The van der Waals surface area contributed by atoms with Gasteiger partial charge in [-0.2, -0.15) is 0 Å². The first-order valence-corrected chi connectivity index (χ1v) is 6.59. The molecule has 1 aromatic rings. The minimum atomic E-state index is -0.231. The number of hydrogen-bond acceptors (Lipinski definition) is 2. The van der Waals surface area contributed by atoms with E-state index < -0.39 is 0 Å². The largest absolute Gasteiger partial charge is 0.487 e. The van der Waals surface area contributed by atoms with Crippen LogP contribution in [0.4, 0.5) is 0 Å². The van der Waals surface area contributed by atoms with Gasteiger partial charge in [0.25, 0.3) is 0 Å². The SMILES string of the molecule is CC1(C)C=Cc2cc3c(cc2O1)OC(C)(C)CC3. The minimum Gasteiger partial charge on any atom is -0.487 e. The fraction of sp³-hybridized carbons (Fsp3) is 0.500. The second-order valence-corrected chi connectivity index (χ2v) is 6.40. The van der Waals surface area contributed by atoms with Crippen LogP contribution in [-0.2, 0) is 6.42 Å². The third kappa shape index (κ3) is 2.00. The Morgan fingerprint density at radius 3 is 2.56 bits per heavy atom. The molecule has 0 unspecified atom stereocenters. The Kier molecular flexibility index (Phi) is 2.28. The number of hydrogen-bond donors (Lipinski definition) is 0. The van der Waals surface area contributed by atoms with Crippen molar-refractivity contribution in [3.05, 3.63) is 29.3 Å². The second kappa shape index (κ2) is 3.53. The van der Waals surface area contributed by atoms with Gasteiger partial charge >= 0.3 is 0 Å². The molecule has 2 heteroatoms. The molecule has 0 bridgehead atoms. The van der Waals surface area contributed by atoms with Crippen LogP contribution in [0, 0.1) is 0 Å². The van der Waals surface area contributed by atoms with Crippen LogP contribution < -0.4 is 9.47 Å². The van der Waals surface area contributed by atoms with Gasteiger partial charge in [0.05, 0.1) is 0 Å². The van der Waals surface area contributed by atoms with Gasteiger partial charge in [0.1, 0.15) is 22.7 Å². The molecule has 0 aromatic heterocycles. The molecule has 0 fully saturated rings. The lowest BCUT2D eigenvalue weighted by Gasteiger charge is -2.34. The van der Waals surface area contributed by atoms with Crippen molar-refractivity contribution in [3.63, 3.8) is 0 Å². The van der Waals surface area contributed by atoms with Crippen LogP contribution in [0.2, 0.25) is 0 Å². The van der Waals surface area contributed by atoms with Crippen molar-refractivity contribution in [1.82, 2.24) is 0 Å². The predicted octanol–water partition coefficient (Wildman–Crippen LogP) is 3.97. The fourth-order valence-electron chi connectivity index (χ4n) is 2.53. The Morgan fingerprint density at radius 1 is 1.00 bits per heavy atom. The molecule has 2 aliphatic rings. The van der Waals surface area contributed by atoms with Crippen LogP contribution >= 0.6 is 0 Å². The van der Waals surface area contributed by atoms with E-state index in [0.717, 1.165) is 29.9 Å². The summed E-state index contributed by atoms with van der Waals surface area (Å²) >= 11 is 0. The van der Waals surface area contributed by atoms with Crippen molar-refractivity contribution in [2.45, 2.75) is 51.7 Å². The van der Waals surface area contributed by atoms with Crippen LogP contribution in [-0.4, -0.2) is 11.2 Å². The van der Waals surface area contributed by atoms with E-state index in [9.17, 15) is 0 Å². The van der Waals surface area contributed by atoms with E-state index in [1.165, 1.54) is 5.56 Å². The molecule has 0 saturated carbocycles. The average Bonchev–Trinajstić information content (AvgIpc) is 2.24. The quantitative estimate of drug-likeness (QED) is 0.687. The summed E-state index contributed by atoms with van der Waals surface area (Å²) in [4.78, 5) is 0. The lowest BCUT2D eigenvalue weighted by molar-refractivity contribution is 0.0832. The topological polar surface area (TPSA) is 18.5 Å². The summed E-state index contributed by atoms with van der Waals surface area (Å²) < 4.78 is 12.0. The van der Waals surface area contributed by atoms with Gasteiger partial charge in [-0.25, -0.2) is 0 Å². The summed E-state index contributed by atoms with van der Waals surface area (Å²) in [5, 5.41) is 0. The van der Waals surface area contributed by atoms with E-state index in [0.29, 0.717) is 0 Å². The average molecular weight is 244 g/mol. The normalized spacial score (nSPS) is 22.4. The van der Waals surface area contributed by atoms with Gasteiger partial charge in [-0.05, 0) is 58.2 Å². The molecule has 96 valence electrons. The van der Waals surface area contributed by atoms with Crippen molar-refractivity contribution in [2.24, 2.45) is 0 Å². The van der Waals surface area contributed by atoms with E-state index in [4.69, 9.17) is 9.47 Å². The standard InChI is InChI=1S/C16H20O2/c1-15(2)7-5-11-9-12-6-8-16(3,4)18-14(12)10-13(11)17-15/h5,7,9-10H,6,8H2,1-4H3. The first-order valence-electron chi connectivity index (χ1n) is 6.59. The van der Waals surface area contributed by atoms with Gasteiger partial charge in [-0.3, -0.25) is 0 Å². The molecule has 0 aliphatic carbocycles. The summed E-state index contributed by atoms with van der Waals surface area (Å²) in [6, 6.07) is 4.25. The maximum Gasteiger partial charge on any atom is 0.131 e. The van der Waals surface area contributed by atoms with Crippen molar-refractivity contribution in [2.75, 3.05) is 0 Å². The monoisotopic (exact) mass is 244 g/mol. The lowest BCUT2D eigenvalue weighted by Crippen LogP contribution is -2.33. The van der Waals surface area contributed by atoms with Crippen molar-refractivity contribution >= 4 is 6.08 Å². The third-order valence-electron chi connectivity index (χ3n) is 3.61. The number of aryl methyl sites for hydroxylation is 1. The van der Waals surface area contributed by atoms with Crippen molar-refractivity contribution < 1.29 is 9.47 Å². The Balaban J connectivity index is 2.04. The van der Waals surface area contributed by atoms with Gasteiger partial charge in [0, 0.05) is 11.6 Å². The number of ether oxygens (including phenoxy) is 2. The first-order chi connectivity index (χ1) is 8.35. The number of rotatable bonds is 0. The van der Waals surface area contributed by atoms with Crippen LogP contribution in [0.3, 0.4) is 0 Å². The molecule has 2 aliphatic heterocycles. The maximum absolute atomic E-state index is 6.05. The van der Waals surface area contributed by atoms with Crippen LogP contribution in [0.5, 0.6) is 11.5 Å². The van der Waals surface area contributed by atoms with Gasteiger partial charge in [-0.15, -0.1) is 0 Å². The molecular weight excluding hydrogens is 224 g/mol. The molecule has 2 nitrogen and oxygen atoms in total. The summed E-state index contributed by atoms with van der Waals surface area (Å²) in [7, 11) is 0. The summed E-state index contributed by atoms with van der Waals surface area (Å²) in [5.41, 5.74) is 2.16. The molecule has 0 spiro atoms. The smallest absolute Gasteiger partial charge is 0.131 e. The van der Waals surface area contributed by atoms with E-state index in [-0.39, 0.29) is 11.2 Å². The third-order valence-corrected chi connectivity index (χ3v) is 3.61. The highest BCUT2D eigenvalue weighted by molar-refractivity contribution is 5.64. The van der Waals surface area contributed by atoms with Gasteiger partial charge in [-0.1, -0.05) is 6.08 Å². The molecule has 0 radical (unpaired) electrons. The molecular formula is C16H20O2.